The van der Waals surface area contributed by atoms with Gasteiger partial charge in [0.2, 0.25) is 0 Å². The monoisotopic (exact) mass is 428 g/mol. The van der Waals surface area contributed by atoms with E-state index >= 15 is 0 Å². The average Bonchev–Trinajstić information content (AvgIpc) is 3.42. The molecule has 0 N–H and O–H groups in total. The minimum atomic E-state index is -3.80. The molecule has 0 spiro atoms. The summed E-state index contributed by atoms with van der Waals surface area (Å²) in [5.41, 5.74) is -5.22. The SMILES string of the molecule is [2H]c1c(F)c([2H])c2onc(C3CCN(C([2H])([2H])C([2H])([2H])c4c(C([2H])([2H])[2H])nc5n(c4=O)C([2H])([2H])C([2H])([2H])C([2H])([2H])C5([2H])[2H])CC3)c2c1[2H]. The molecule has 1 fully saturated rings. The van der Waals surface area contributed by atoms with Crippen LogP contribution in [0.4, 0.5) is 4.39 Å². The first-order chi connectivity index (χ1) is 21.6. The summed E-state index contributed by atoms with van der Waals surface area (Å²) in [5, 5.41) is 3.77. The summed E-state index contributed by atoms with van der Waals surface area (Å²) in [7, 11) is 0. The van der Waals surface area contributed by atoms with E-state index < -0.39 is 97.8 Å². The fourth-order valence-corrected chi connectivity index (χ4v) is 3.43. The molecule has 0 amide bonds. The predicted molar refractivity (Wildman–Crippen MR) is 112 cm³/mol. The standard InChI is InChI=1S/C23H27FN4O2/c1-15-18(23(29)28-10-3-2-4-21(28)25-15)9-13-27-11-7-16(8-12-27)22-19-6-5-17(24)14-20(19)30-26-22/h5-6,14,16H,2-4,7-13H2,1H3/i1D3,2D2,3D2,4D2,5D,6D,9D2,10D2,13D2,14D. The zero-order chi connectivity index (χ0) is 36.5. The molecule has 3 aromatic rings. The van der Waals surface area contributed by atoms with Crippen LogP contribution in [-0.2, 0) is 19.2 Å². The molecule has 0 bridgehead atoms. The number of halogens is 1. The molecule has 7 heteroatoms. The minimum absolute atomic E-state index is 0.0136. The van der Waals surface area contributed by atoms with Crippen LogP contribution in [0.2, 0.25) is 0 Å². The molecule has 0 radical (unpaired) electrons. The highest BCUT2D eigenvalue weighted by atomic mass is 19.1. The van der Waals surface area contributed by atoms with E-state index in [1.807, 2.05) is 0 Å². The van der Waals surface area contributed by atoms with Gasteiger partial charge in [-0.1, -0.05) is 5.16 Å². The molecule has 1 saturated heterocycles. The van der Waals surface area contributed by atoms with Crippen molar-refractivity contribution in [3.63, 3.8) is 0 Å². The van der Waals surface area contributed by atoms with Gasteiger partial charge in [-0.2, -0.15) is 0 Å². The summed E-state index contributed by atoms with van der Waals surface area (Å²) in [4.78, 5) is 18.4. The zero-order valence-electron chi connectivity index (χ0n) is 33.4. The molecule has 0 unspecified atom stereocenters. The topological polar surface area (TPSA) is 64.2 Å². The molecule has 0 aliphatic carbocycles. The molecule has 1 aromatic carbocycles. The summed E-state index contributed by atoms with van der Waals surface area (Å²) in [6.45, 7) is -11.2. The van der Waals surface area contributed by atoms with Gasteiger partial charge in [-0.05, 0) is 64.0 Å². The van der Waals surface area contributed by atoms with Crippen molar-refractivity contribution in [2.24, 2.45) is 0 Å². The van der Waals surface area contributed by atoms with Gasteiger partial charge in [-0.15, -0.1) is 0 Å². The van der Waals surface area contributed by atoms with Crippen LogP contribution in [0.5, 0.6) is 0 Å². The second-order valence-corrected chi connectivity index (χ2v) is 6.75. The number of likely N-dealkylation sites (tertiary alicyclic amines) is 1. The van der Waals surface area contributed by atoms with Crippen LogP contribution >= 0.6 is 0 Å². The number of piperidine rings is 1. The summed E-state index contributed by atoms with van der Waals surface area (Å²) >= 11 is 0. The van der Waals surface area contributed by atoms with Crippen molar-refractivity contribution in [3.05, 3.63) is 57.1 Å². The Labute approximate surface area is 200 Å². The molecular formula is C23H27FN4O2. The quantitative estimate of drug-likeness (QED) is 0.635. The number of nitrogens with zero attached hydrogens (tertiary/aromatic N) is 4. The Balaban J connectivity index is 1.59. The smallest absolute Gasteiger partial charge is 0.256 e. The Bertz CT molecular complexity index is 1880. The predicted octanol–water partition coefficient (Wildman–Crippen LogP) is 3.59. The van der Waals surface area contributed by atoms with Crippen molar-refractivity contribution in [3.8, 4) is 0 Å². The third kappa shape index (κ3) is 3.55. The summed E-state index contributed by atoms with van der Waals surface area (Å²) in [6, 6.07) is -2.21. The van der Waals surface area contributed by atoms with Crippen LogP contribution in [0.15, 0.2) is 27.4 Å². The Hall–Kier alpha value is -2.54. The summed E-state index contributed by atoms with van der Waals surface area (Å²) in [5.74, 6) is -3.34. The van der Waals surface area contributed by atoms with Crippen molar-refractivity contribution in [2.75, 3.05) is 19.6 Å². The van der Waals surface area contributed by atoms with E-state index in [9.17, 15) is 9.18 Å². The van der Waals surface area contributed by atoms with E-state index in [4.69, 9.17) is 29.2 Å². The fraction of sp³-hybridized carbons (Fsp3) is 0.522. The molecule has 0 saturated carbocycles. The maximum Gasteiger partial charge on any atom is 0.256 e. The number of hydrogen-bond acceptors (Lipinski definition) is 5. The van der Waals surface area contributed by atoms with Crippen molar-refractivity contribution in [1.82, 2.24) is 19.6 Å². The number of benzene rings is 1. The van der Waals surface area contributed by atoms with E-state index in [1.54, 1.807) is 0 Å². The van der Waals surface area contributed by atoms with E-state index in [1.165, 1.54) is 0 Å². The van der Waals surface area contributed by atoms with Gasteiger partial charge in [0, 0.05) is 68.5 Å². The lowest BCUT2D eigenvalue weighted by Gasteiger charge is -2.31. The Morgan fingerprint density at radius 3 is 3.10 bits per heavy atom. The first kappa shape index (κ1) is 7.86. The van der Waals surface area contributed by atoms with Gasteiger partial charge >= 0.3 is 0 Å². The lowest BCUT2D eigenvalue weighted by Crippen LogP contribution is -2.37. The lowest BCUT2D eigenvalue weighted by atomic mass is 9.91. The molecule has 158 valence electrons. The van der Waals surface area contributed by atoms with Crippen LogP contribution in [-0.4, -0.2) is 39.2 Å². The van der Waals surface area contributed by atoms with Gasteiger partial charge in [-0.25, -0.2) is 9.37 Å². The molecule has 0 atom stereocenters. The van der Waals surface area contributed by atoms with Gasteiger partial charge in [0.25, 0.3) is 5.56 Å². The van der Waals surface area contributed by atoms with E-state index in [2.05, 4.69) is 10.1 Å². The third-order valence-electron chi connectivity index (χ3n) is 4.95. The zero-order valence-corrected chi connectivity index (χ0v) is 15.4. The summed E-state index contributed by atoms with van der Waals surface area (Å²) in [6.07, 6.45) is -14.8. The van der Waals surface area contributed by atoms with Crippen LogP contribution in [0, 0.1) is 12.7 Å². The average molecular weight is 429 g/mol. The highest BCUT2D eigenvalue weighted by Crippen LogP contribution is 2.32. The number of aromatic nitrogens is 3. The highest BCUT2D eigenvalue weighted by molar-refractivity contribution is 5.79. The van der Waals surface area contributed by atoms with Gasteiger partial charge in [0.1, 0.15) is 11.6 Å². The minimum Gasteiger partial charge on any atom is -0.356 e. The number of aryl methyl sites for hydroxylation is 2. The maximum atomic E-state index is 14.2. The van der Waals surface area contributed by atoms with Crippen molar-refractivity contribution < 1.29 is 33.6 Å². The first-order valence-electron chi connectivity index (χ1n) is 18.1. The second kappa shape index (κ2) is 7.95. The normalized spacial score (nSPS) is 35.0. The lowest BCUT2D eigenvalue weighted by molar-refractivity contribution is 0.211. The van der Waals surface area contributed by atoms with Crippen molar-refractivity contribution in [1.29, 1.82) is 0 Å². The van der Waals surface area contributed by atoms with Gasteiger partial charge < -0.3 is 9.42 Å². The van der Waals surface area contributed by atoms with Crippen molar-refractivity contribution in [2.45, 2.75) is 57.6 Å². The molecule has 4 heterocycles. The molecule has 2 aliphatic rings. The third-order valence-corrected chi connectivity index (χ3v) is 4.95. The van der Waals surface area contributed by atoms with Crippen LogP contribution < -0.4 is 5.56 Å². The Morgan fingerprint density at radius 1 is 1.40 bits per heavy atom. The first-order valence-corrected chi connectivity index (χ1v) is 9.08. The van der Waals surface area contributed by atoms with Crippen molar-refractivity contribution >= 4 is 11.0 Å². The molecule has 2 aromatic heterocycles. The van der Waals surface area contributed by atoms with Gasteiger partial charge in [0.15, 0.2) is 5.58 Å². The molecule has 5 rings (SSSR count). The number of hydrogen-bond donors (Lipinski definition) is 0. The van der Waals surface area contributed by atoms with Gasteiger partial charge in [-0.3, -0.25) is 9.36 Å². The van der Waals surface area contributed by atoms with Crippen LogP contribution in [0.3, 0.4) is 0 Å². The molecule has 6 nitrogen and oxygen atoms in total. The largest absolute Gasteiger partial charge is 0.356 e. The van der Waals surface area contributed by atoms with Crippen LogP contribution in [0.25, 0.3) is 11.0 Å². The fourth-order valence-electron chi connectivity index (χ4n) is 3.43. The van der Waals surface area contributed by atoms with Gasteiger partial charge in [0.05, 0.1) is 9.81 Å². The molecular weight excluding hydrogens is 383 g/mol. The van der Waals surface area contributed by atoms with E-state index in [-0.39, 0.29) is 47.2 Å². The summed E-state index contributed by atoms with van der Waals surface area (Å²) < 4.78 is 167. The van der Waals surface area contributed by atoms with E-state index in [0.29, 0.717) is 0 Å². The maximum absolute atomic E-state index is 14.2. The second-order valence-electron chi connectivity index (χ2n) is 6.75. The van der Waals surface area contributed by atoms with Crippen LogP contribution in [0.1, 0.15) is 79.0 Å². The highest BCUT2D eigenvalue weighted by Gasteiger charge is 2.25. The molecule has 30 heavy (non-hydrogen) atoms. The Kier molecular flexibility index (Phi) is 2.08. The molecule has 2 aliphatic heterocycles. The number of fused-ring (bicyclic) bond motifs is 2. The number of rotatable bonds is 4. The Morgan fingerprint density at radius 2 is 2.27 bits per heavy atom. The van der Waals surface area contributed by atoms with E-state index in [0.717, 1.165) is 4.90 Å².